The van der Waals surface area contributed by atoms with Crippen LogP contribution in [-0.4, -0.2) is 17.6 Å². The van der Waals surface area contributed by atoms with Crippen LogP contribution < -0.4 is 4.74 Å². The van der Waals surface area contributed by atoms with Crippen LogP contribution in [0.4, 0.5) is 0 Å². The standard InChI is InChI=1S/C9H8O.Mn.Mo.Si/c1-2-6-9-8(4-1)5-3-7-10-9;;;/h1-6H,7H2;;;. The van der Waals surface area contributed by atoms with Crippen molar-refractivity contribution in [1.82, 2.24) is 0 Å². The fraction of sp³-hybridized carbons (Fsp3) is 0.111. The summed E-state index contributed by atoms with van der Waals surface area (Å²) in [5.74, 6) is 0.991. The number of para-hydroxylation sites is 1. The van der Waals surface area contributed by atoms with E-state index in [4.69, 9.17) is 4.74 Å². The molecular weight excluding hydrogens is 303 g/mol. The van der Waals surface area contributed by atoms with E-state index in [9.17, 15) is 0 Å². The molecule has 5 radical (unpaired) electrons. The first kappa shape index (κ1) is 15.6. The van der Waals surface area contributed by atoms with Gasteiger partial charge in [-0.2, -0.15) is 0 Å². The Hall–Kier alpha value is 0.185. The van der Waals surface area contributed by atoms with Crippen molar-refractivity contribution in [3.63, 3.8) is 0 Å². The van der Waals surface area contributed by atoms with Crippen LogP contribution in [0.1, 0.15) is 5.56 Å². The molecule has 0 spiro atoms. The first-order valence-electron chi connectivity index (χ1n) is 3.35. The van der Waals surface area contributed by atoms with Crippen LogP contribution in [0, 0.1) is 0 Å². The van der Waals surface area contributed by atoms with Crippen molar-refractivity contribution in [2.24, 2.45) is 0 Å². The predicted octanol–water partition coefficient (Wildman–Crippen LogP) is 1.71. The van der Waals surface area contributed by atoms with E-state index in [2.05, 4.69) is 6.08 Å². The first-order chi connectivity index (χ1) is 4.97. The number of hydrogen-bond donors (Lipinski definition) is 0. The number of hydrogen-bond acceptors (Lipinski definition) is 1. The minimum Gasteiger partial charge on any atom is -0.489 e. The largest absolute Gasteiger partial charge is 0.489 e. The van der Waals surface area contributed by atoms with Crippen LogP contribution in [-0.2, 0) is 38.1 Å². The van der Waals surface area contributed by atoms with Crippen molar-refractivity contribution in [2.75, 3.05) is 6.61 Å². The number of rotatable bonds is 0. The molecule has 67 valence electrons. The van der Waals surface area contributed by atoms with Gasteiger partial charge in [-0.3, -0.25) is 0 Å². The molecule has 1 nitrogen and oxygen atoms in total. The van der Waals surface area contributed by atoms with Gasteiger partial charge in [0.25, 0.3) is 0 Å². The van der Waals surface area contributed by atoms with Crippen LogP contribution in [0.3, 0.4) is 0 Å². The van der Waals surface area contributed by atoms with Crippen molar-refractivity contribution < 1.29 is 42.9 Å². The molecule has 0 aliphatic carbocycles. The van der Waals surface area contributed by atoms with Gasteiger partial charge in [0.15, 0.2) is 0 Å². The van der Waals surface area contributed by atoms with Crippen molar-refractivity contribution in [3.8, 4) is 5.75 Å². The molecule has 0 saturated heterocycles. The summed E-state index contributed by atoms with van der Waals surface area (Å²) in [7, 11) is 0. The molecule has 0 saturated carbocycles. The molecule has 1 aromatic rings. The zero-order chi connectivity index (χ0) is 6.81. The molecule has 0 atom stereocenters. The van der Waals surface area contributed by atoms with Crippen molar-refractivity contribution in [3.05, 3.63) is 35.9 Å². The summed E-state index contributed by atoms with van der Waals surface area (Å²) in [6, 6.07) is 8.03. The Labute approximate surface area is 108 Å². The van der Waals surface area contributed by atoms with Gasteiger partial charge < -0.3 is 4.74 Å². The van der Waals surface area contributed by atoms with Gasteiger partial charge in [-0.05, 0) is 12.1 Å². The normalized spacial score (nSPS) is 10.8. The molecule has 0 aromatic heterocycles. The van der Waals surface area contributed by atoms with Gasteiger partial charge in [0.05, 0.1) is 0 Å². The molecule has 0 bridgehead atoms. The minimum absolute atomic E-state index is 0. The third kappa shape index (κ3) is 3.82. The summed E-state index contributed by atoms with van der Waals surface area (Å²) >= 11 is 0. The van der Waals surface area contributed by atoms with Crippen LogP contribution in [0.5, 0.6) is 5.75 Å². The number of fused-ring (bicyclic) bond motifs is 1. The summed E-state index contributed by atoms with van der Waals surface area (Å²) in [6.07, 6.45) is 4.10. The summed E-state index contributed by atoms with van der Waals surface area (Å²) in [6.45, 7) is 0.705. The number of benzene rings is 1. The minimum atomic E-state index is 0. The maximum atomic E-state index is 5.34. The van der Waals surface area contributed by atoms with Crippen molar-refractivity contribution in [1.29, 1.82) is 0 Å². The maximum absolute atomic E-state index is 5.34. The second kappa shape index (κ2) is 7.58. The van der Waals surface area contributed by atoms with Gasteiger partial charge in [-0.25, -0.2) is 0 Å². The predicted molar refractivity (Wildman–Crippen MR) is 46.7 cm³/mol. The monoisotopic (exact) mass is 313 g/mol. The quantitative estimate of drug-likeness (QED) is 0.663. The van der Waals surface area contributed by atoms with Gasteiger partial charge >= 0.3 is 0 Å². The molecule has 1 heterocycles. The number of ether oxygens (including phenoxy) is 1. The Morgan fingerprint density at radius 3 is 2.54 bits per heavy atom. The van der Waals surface area contributed by atoms with E-state index in [1.807, 2.05) is 30.3 Å². The molecule has 0 N–H and O–H groups in total. The Morgan fingerprint density at radius 1 is 1.15 bits per heavy atom. The molecule has 0 fully saturated rings. The van der Waals surface area contributed by atoms with E-state index in [0.29, 0.717) is 6.61 Å². The smallest absolute Gasteiger partial charge is 0.126 e. The van der Waals surface area contributed by atoms with E-state index in [0.717, 1.165) is 5.75 Å². The summed E-state index contributed by atoms with van der Waals surface area (Å²) in [5, 5.41) is 0. The van der Waals surface area contributed by atoms with Crippen LogP contribution in [0.2, 0.25) is 0 Å². The zero-order valence-electron chi connectivity index (χ0n) is 6.87. The van der Waals surface area contributed by atoms with Crippen LogP contribution >= 0.6 is 0 Å². The third-order valence-electron chi connectivity index (χ3n) is 1.55. The SMILES string of the molecule is C1=Cc2ccccc2OC1.[Mn].[Mo].[Si]. The van der Waals surface area contributed by atoms with E-state index in [-0.39, 0.29) is 49.1 Å². The fourth-order valence-electron chi connectivity index (χ4n) is 1.06. The maximum Gasteiger partial charge on any atom is 0.126 e. The molecule has 13 heavy (non-hydrogen) atoms. The van der Waals surface area contributed by atoms with E-state index < -0.39 is 0 Å². The van der Waals surface area contributed by atoms with Gasteiger partial charge in [-0.15, -0.1) is 0 Å². The second-order valence-electron chi connectivity index (χ2n) is 2.25. The van der Waals surface area contributed by atoms with Gasteiger partial charge in [-0.1, -0.05) is 24.3 Å². The fourth-order valence-corrected chi connectivity index (χ4v) is 1.06. The Kier molecular flexibility index (Phi) is 9.12. The van der Waals surface area contributed by atoms with Gasteiger partial charge in [0.1, 0.15) is 12.4 Å². The van der Waals surface area contributed by atoms with E-state index >= 15 is 0 Å². The molecule has 1 aliphatic heterocycles. The molecule has 2 rings (SSSR count). The average Bonchev–Trinajstić information content (AvgIpc) is 2.05. The molecule has 4 heteroatoms. The first-order valence-corrected chi connectivity index (χ1v) is 3.35. The third-order valence-corrected chi connectivity index (χ3v) is 1.55. The van der Waals surface area contributed by atoms with Crippen LogP contribution in [0.15, 0.2) is 30.3 Å². The van der Waals surface area contributed by atoms with E-state index in [1.165, 1.54) is 5.56 Å². The Morgan fingerprint density at radius 2 is 1.85 bits per heavy atom. The molecule has 0 amide bonds. The summed E-state index contributed by atoms with van der Waals surface area (Å²) in [5.41, 5.74) is 1.17. The summed E-state index contributed by atoms with van der Waals surface area (Å²) < 4.78 is 5.34. The summed E-state index contributed by atoms with van der Waals surface area (Å²) in [4.78, 5) is 0. The van der Waals surface area contributed by atoms with Gasteiger partial charge in [0.2, 0.25) is 0 Å². The van der Waals surface area contributed by atoms with Crippen molar-refractivity contribution in [2.45, 2.75) is 0 Å². The van der Waals surface area contributed by atoms with Crippen LogP contribution in [0.25, 0.3) is 6.08 Å². The molecule has 0 unspecified atom stereocenters. The van der Waals surface area contributed by atoms with E-state index in [1.54, 1.807) is 0 Å². The Balaban J connectivity index is 0. The second-order valence-corrected chi connectivity index (χ2v) is 2.25. The topological polar surface area (TPSA) is 9.23 Å². The van der Waals surface area contributed by atoms with Gasteiger partial charge in [0, 0.05) is 54.7 Å². The zero-order valence-corrected chi connectivity index (χ0v) is 11.1. The molecule has 1 aromatic carbocycles. The Bertz CT molecular complexity index is 278. The molecule has 1 aliphatic rings. The van der Waals surface area contributed by atoms with Crippen molar-refractivity contribution >= 4 is 17.0 Å². The molecular formula is C9H8MnMoOSi. The average molecular weight is 311 g/mol.